The van der Waals surface area contributed by atoms with Gasteiger partial charge in [0.25, 0.3) is 0 Å². The zero-order valence-corrected chi connectivity index (χ0v) is 12.6. The minimum Gasteiger partial charge on any atom is -0.306 e. The van der Waals surface area contributed by atoms with Gasteiger partial charge in [0.1, 0.15) is 0 Å². The molecule has 0 spiro atoms. The summed E-state index contributed by atoms with van der Waals surface area (Å²) in [7, 11) is 0. The molecule has 1 heterocycles. The van der Waals surface area contributed by atoms with Crippen LogP contribution < -0.4 is 5.32 Å². The summed E-state index contributed by atoms with van der Waals surface area (Å²) in [6.07, 6.45) is 1.84. The van der Waals surface area contributed by atoms with Gasteiger partial charge in [0.2, 0.25) is 0 Å². The maximum Gasteiger partial charge on any atom is 0.0746 e. The summed E-state index contributed by atoms with van der Waals surface area (Å²) in [5.74, 6) is 0. The molecule has 3 aromatic rings. The second-order valence-electron chi connectivity index (χ2n) is 5.15. The van der Waals surface area contributed by atoms with Gasteiger partial charge in [-0.15, -0.1) is 0 Å². The second-order valence-corrected chi connectivity index (χ2v) is 5.59. The van der Waals surface area contributed by atoms with Gasteiger partial charge < -0.3 is 5.32 Å². The van der Waals surface area contributed by atoms with E-state index in [9.17, 15) is 0 Å². The topological polar surface area (TPSA) is 24.9 Å². The van der Waals surface area contributed by atoms with Crippen molar-refractivity contribution in [2.24, 2.45) is 0 Å². The Morgan fingerprint density at radius 3 is 2.76 bits per heavy atom. The van der Waals surface area contributed by atoms with E-state index >= 15 is 0 Å². The van der Waals surface area contributed by atoms with Crippen LogP contribution in [0, 0.1) is 0 Å². The molecule has 0 bridgehead atoms. The first-order valence-corrected chi connectivity index (χ1v) is 7.43. The fourth-order valence-electron chi connectivity index (χ4n) is 2.47. The van der Waals surface area contributed by atoms with Crippen LogP contribution in [-0.2, 0) is 6.54 Å². The normalized spacial score (nSPS) is 12.5. The SMILES string of the molecule is C[C@H](NCc1cccc2cccnc12)c1cccc(Cl)c1. The number of rotatable bonds is 4. The lowest BCUT2D eigenvalue weighted by atomic mass is 10.1. The van der Waals surface area contributed by atoms with Crippen LogP contribution >= 0.6 is 11.6 Å². The zero-order valence-electron chi connectivity index (χ0n) is 11.9. The van der Waals surface area contributed by atoms with E-state index in [2.05, 4.69) is 47.6 Å². The summed E-state index contributed by atoms with van der Waals surface area (Å²) in [4.78, 5) is 4.48. The van der Waals surface area contributed by atoms with Gasteiger partial charge in [-0.1, -0.05) is 48.0 Å². The average Bonchev–Trinajstić information content (AvgIpc) is 2.52. The molecule has 106 valence electrons. The molecule has 2 nitrogen and oxygen atoms in total. The lowest BCUT2D eigenvalue weighted by Gasteiger charge is -2.15. The fourth-order valence-corrected chi connectivity index (χ4v) is 2.67. The number of para-hydroxylation sites is 1. The smallest absolute Gasteiger partial charge is 0.0746 e. The predicted octanol–water partition coefficient (Wildman–Crippen LogP) is 4.74. The van der Waals surface area contributed by atoms with E-state index in [1.165, 1.54) is 16.5 Å². The standard InChI is InChI=1S/C18H17ClN2/c1-13(15-6-3-9-17(19)11-15)21-12-16-7-2-5-14-8-4-10-20-18(14)16/h2-11,13,21H,12H2,1H3/t13-/m0/s1. The minimum atomic E-state index is 0.239. The highest BCUT2D eigenvalue weighted by Crippen LogP contribution is 2.20. The van der Waals surface area contributed by atoms with Gasteiger partial charge in [0.15, 0.2) is 0 Å². The number of benzene rings is 2. The number of hydrogen-bond acceptors (Lipinski definition) is 2. The van der Waals surface area contributed by atoms with Crippen molar-refractivity contribution < 1.29 is 0 Å². The van der Waals surface area contributed by atoms with Gasteiger partial charge in [0, 0.05) is 29.2 Å². The Kier molecular flexibility index (Phi) is 4.18. The Balaban J connectivity index is 1.77. The molecule has 3 heteroatoms. The van der Waals surface area contributed by atoms with E-state index in [0.717, 1.165) is 17.1 Å². The van der Waals surface area contributed by atoms with Crippen molar-refractivity contribution in [2.75, 3.05) is 0 Å². The third kappa shape index (κ3) is 3.23. The summed E-state index contributed by atoms with van der Waals surface area (Å²) < 4.78 is 0. The molecule has 2 aromatic carbocycles. The highest BCUT2D eigenvalue weighted by molar-refractivity contribution is 6.30. The van der Waals surface area contributed by atoms with E-state index < -0.39 is 0 Å². The quantitative estimate of drug-likeness (QED) is 0.752. The molecule has 0 aliphatic carbocycles. The fraction of sp³-hybridized carbons (Fsp3) is 0.167. The Bertz CT molecular complexity index is 750. The third-order valence-corrected chi connectivity index (χ3v) is 3.90. The van der Waals surface area contributed by atoms with Gasteiger partial charge in [-0.3, -0.25) is 4.98 Å². The maximum absolute atomic E-state index is 6.05. The number of pyridine rings is 1. The third-order valence-electron chi connectivity index (χ3n) is 3.66. The molecule has 0 radical (unpaired) electrons. The molecule has 0 saturated heterocycles. The number of aromatic nitrogens is 1. The molecule has 0 amide bonds. The molecule has 0 saturated carbocycles. The monoisotopic (exact) mass is 296 g/mol. The van der Waals surface area contributed by atoms with E-state index in [-0.39, 0.29) is 6.04 Å². The molecule has 3 rings (SSSR count). The van der Waals surface area contributed by atoms with E-state index in [1.54, 1.807) is 0 Å². The van der Waals surface area contributed by atoms with E-state index in [1.807, 2.05) is 30.5 Å². The van der Waals surface area contributed by atoms with Crippen LogP contribution in [0.3, 0.4) is 0 Å². The molecule has 0 unspecified atom stereocenters. The number of fused-ring (bicyclic) bond motifs is 1. The number of nitrogens with one attached hydrogen (secondary N) is 1. The van der Waals surface area contributed by atoms with Crippen LogP contribution in [0.25, 0.3) is 10.9 Å². The zero-order chi connectivity index (χ0) is 14.7. The predicted molar refractivity (Wildman–Crippen MR) is 88.4 cm³/mol. The molecule has 21 heavy (non-hydrogen) atoms. The van der Waals surface area contributed by atoms with Crippen molar-refractivity contribution in [3.63, 3.8) is 0 Å². The van der Waals surface area contributed by atoms with Crippen molar-refractivity contribution in [1.82, 2.24) is 10.3 Å². The van der Waals surface area contributed by atoms with Gasteiger partial charge >= 0.3 is 0 Å². The molecular weight excluding hydrogens is 280 g/mol. The van der Waals surface area contributed by atoms with E-state index in [0.29, 0.717) is 0 Å². The number of nitrogens with zero attached hydrogens (tertiary/aromatic N) is 1. The average molecular weight is 297 g/mol. The van der Waals surface area contributed by atoms with Crippen molar-refractivity contribution in [1.29, 1.82) is 0 Å². The van der Waals surface area contributed by atoms with Crippen molar-refractivity contribution in [2.45, 2.75) is 19.5 Å². The number of hydrogen-bond donors (Lipinski definition) is 1. The molecule has 0 aliphatic rings. The first-order chi connectivity index (χ1) is 10.2. The summed E-state index contributed by atoms with van der Waals surface area (Å²) in [6.45, 7) is 2.92. The van der Waals surface area contributed by atoms with Crippen LogP contribution in [0.1, 0.15) is 24.1 Å². The highest BCUT2D eigenvalue weighted by Gasteiger charge is 2.07. The van der Waals surface area contributed by atoms with Crippen LogP contribution in [-0.4, -0.2) is 4.98 Å². The summed E-state index contributed by atoms with van der Waals surface area (Å²) in [6, 6.07) is 18.5. The Hall–Kier alpha value is -1.90. The van der Waals surface area contributed by atoms with Crippen LogP contribution in [0.2, 0.25) is 5.02 Å². The summed E-state index contributed by atoms with van der Waals surface area (Å²) in [5.41, 5.74) is 3.46. The minimum absolute atomic E-state index is 0.239. The van der Waals surface area contributed by atoms with E-state index in [4.69, 9.17) is 11.6 Å². The molecule has 0 fully saturated rings. The highest BCUT2D eigenvalue weighted by atomic mass is 35.5. The van der Waals surface area contributed by atoms with Gasteiger partial charge in [0.05, 0.1) is 5.52 Å². The molecule has 0 aliphatic heterocycles. The second kappa shape index (κ2) is 6.25. The van der Waals surface area contributed by atoms with Crippen molar-refractivity contribution in [3.05, 3.63) is 76.9 Å². The Morgan fingerprint density at radius 2 is 1.90 bits per heavy atom. The summed E-state index contributed by atoms with van der Waals surface area (Å²) in [5, 5.41) is 5.48. The van der Waals surface area contributed by atoms with Crippen LogP contribution in [0.4, 0.5) is 0 Å². The first-order valence-electron chi connectivity index (χ1n) is 7.05. The molecule has 1 aromatic heterocycles. The molecular formula is C18H17ClN2. The van der Waals surface area contributed by atoms with Gasteiger partial charge in [-0.05, 0) is 36.2 Å². The lowest BCUT2D eigenvalue weighted by Crippen LogP contribution is -2.18. The van der Waals surface area contributed by atoms with Gasteiger partial charge in [-0.25, -0.2) is 0 Å². The Labute approximate surface area is 129 Å². The first kappa shape index (κ1) is 14.1. The lowest BCUT2D eigenvalue weighted by molar-refractivity contribution is 0.576. The van der Waals surface area contributed by atoms with Crippen LogP contribution in [0.5, 0.6) is 0 Å². The molecule has 1 atom stereocenters. The Morgan fingerprint density at radius 1 is 1.10 bits per heavy atom. The van der Waals surface area contributed by atoms with Gasteiger partial charge in [-0.2, -0.15) is 0 Å². The molecule has 1 N–H and O–H groups in total. The van der Waals surface area contributed by atoms with Crippen molar-refractivity contribution in [3.8, 4) is 0 Å². The number of halogens is 1. The maximum atomic E-state index is 6.05. The summed E-state index contributed by atoms with van der Waals surface area (Å²) >= 11 is 6.05. The van der Waals surface area contributed by atoms with Crippen molar-refractivity contribution >= 4 is 22.5 Å². The van der Waals surface area contributed by atoms with Crippen LogP contribution in [0.15, 0.2) is 60.8 Å². The largest absolute Gasteiger partial charge is 0.306 e.